The first-order chi connectivity index (χ1) is 32.9. The van der Waals surface area contributed by atoms with Gasteiger partial charge in [0.05, 0.1) is 12.7 Å². The average molecular weight is 993 g/mol. The second kappa shape index (κ2) is 20.6. The maximum atomic E-state index is 14.6. The molecular weight excluding hydrogens is 941 g/mol. The molecule has 0 radical (unpaired) electrons. The number of β-lactam (4-membered cyclic amide) rings is 1. The Hall–Kier alpha value is -6.56. The number of nitrogens with one attached hydrogen (secondary N) is 2. The zero-order valence-corrected chi connectivity index (χ0v) is 42.0. The van der Waals surface area contributed by atoms with Gasteiger partial charge < -0.3 is 32.6 Å². The minimum atomic E-state index is -2.29. The number of fused-ring (bicyclic) bond motifs is 1. The van der Waals surface area contributed by atoms with E-state index in [1.54, 1.807) is 5.38 Å². The summed E-state index contributed by atoms with van der Waals surface area (Å²) in [6.07, 6.45) is 0. The molecule has 3 heterocycles. The van der Waals surface area contributed by atoms with Crippen molar-refractivity contribution < 1.29 is 36.4 Å². The van der Waals surface area contributed by atoms with Crippen LogP contribution in [0.3, 0.4) is 0 Å². The van der Waals surface area contributed by atoms with Crippen molar-refractivity contribution in [1.29, 1.82) is 0 Å². The van der Waals surface area contributed by atoms with Crippen LogP contribution >= 0.6 is 30.4 Å². The third-order valence-corrected chi connectivity index (χ3v) is 18.2. The molecule has 0 spiro atoms. The number of oxime groups is 1. The van der Waals surface area contributed by atoms with Crippen LogP contribution in [0.1, 0.15) is 48.7 Å². The number of carbonyl (C=O) groups excluding carboxylic acids is 3. The number of halogens is 1. The van der Waals surface area contributed by atoms with Gasteiger partial charge in [-0.25, -0.2) is 9.78 Å². The van der Waals surface area contributed by atoms with E-state index in [4.69, 9.17) is 14.6 Å². The number of rotatable bonds is 14. The van der Waals surface area contributed by atoms with Crippen molar-refractivity contribution in [3.63, 3.8) is 0 Å². The van der Waals surface area contributed by atoms with Gasteiger partial charge in [-0.2, -0.15) is 0 Å². The second-order valence-electron chi connectivity index (χ2n) is 17.5. The molecule has 1 saturated heterocycles. The third kappa shape index (κ3) is 9.47. The van der Waals surface area contributed by atoms with E-state index in [-0.39, 0.29) is 29.5 Å². The van der Waals surface area contributed by atoms with Gasteiger partial charge in [-0.15, -0.1) is 23.1 Å². The molecule has 2 aliphatic rings. The molecule has 1 fully saturated rings. The molecule has 1 aromatic heterocycles. The molecule has 2 atom stereocenters. The molecular formula is C55H51ClN5O5PS2. The Morgan fingerprint density at radius 1 is 0.739 bits per heavy atom. The van der Waals surface area contributed by atoms with Crippen LogP contribution in [0, 0.1) is 0 Å². The number of anilines is 1. The van der Waals surface area contributed by atoms with E-state index in [2.05, 4.69) is 113 Å². The Labute approximate surface area is 418 Å². The summed E-state index contributed by atoms with van der Waals surface area (Å²) in [5.74, 6) is -1.28. The fourth-order valence-electron chi connectivity index (χ4n) is 9.04. The fourth-order valence-corrected chi connectivity index (χ4v) is 14.6. The Kier molecular flexibility index (Phi) is 14.6. The van der Waals surface area contributed by atoms with Crippen LogP contribution in [0.2, 0.25) is 0 Å². The highest BCUT2D eigenvalue weighted by Crippen LogP contribution is 2.55. The molecule has 0 saturated carbocycles. The highest BCUT2D eigenvalue weighted by atomic mass is 35.5. The lowest BCUT2D eigenvalue weighted by molar-refractivity contribution is -0.160. The normalized spacial score (nSPS) is 16.1. The van der Waals surface area contributed by atoms with Crippen LogP contribution in [0.15, 0.2) is 192 Å². The van der Waals surface area contributed by atoms with E-state index in [1.165, 1.54) is 45.7 Å². The molecule has 0 unspecified atom stereocenters. The number of hydrogen-bond donors (Lipinski definition) is 2. The van der Waals surface area contributed by atoms with Crippen molar-refractivity contribution in [2.45, 2.75) is 44.0 Å². The number of thioether (sulfide) groups is 1. The minimum absolute atomic E-state index is 0. The largest absolute Gasteiger partial charge is 1.00 e. The number of carbonyl (C=O) groups is 3. The lowest BCUT2D eigenvalue weighted by Gasteiger charge is -2.50. The van der Waals surface area contributed by atoms with E-state index >= 15 is 0 Å². The Balaban J connectivity index is 0.00000642. The summed E-state index contributed by atoms with van der Waals surface area (Å²) in [6.45, 7) is 7.72. The minimum Gasteiger partial charge on any atom is -1.00 e. The van der Waals surface area contributed by atoms with Crippen molar-refractivity contribution in [3.05, 3.63) is 215 Å². The van der Waals surface area contributed by atoms with E-state index in [0.29, 0.717) is 15.8 Å². The number of nitrogens with zero attached hydrogens (tertiary/aromatic N) is 3. The highest BCUT2D eigenvalue weighted by Gasteiger charge is 2.56. The van der Waals surface area contributed by atoms with Crippen molar-refractivity contribution in [1.82, 2.24) is 15.2 Å². The van der Waals surface area contributed by atoms with E-state index in [0.717, 1.165) is 27.6 Å². The molecule has 2 aliphatic heterocycles. The predicted octanol–water partition coefficient (Wildman–Crippen LogP) is 5.98. The summed E-state index contributed by atoms with van der Waals surface area (Å²) in [5.41, 5.74) is 2.45. The quantitative estimate of drug-likeness (QED) is 0.0342. The Morgan fingerprint density at radius 3 is 1.74 bits per heavy atom. The summed E-state index contributed by atoms with van der Waals surface area (Å²) in [6, 6.07) is 58.0. The fraction of sp³-hybridized carbons (Fsp3) is 0.182. The number of thiazole rings is 1. The van der Waals surface area contributed by atoms with Crippen molar-refractivity contribution in [2.24, 2.45) is 5.16 Å². The molecule has 2 amide bonds. The summed E-state index contributed by atoms with van der Waals surface area (Å²) in [7, 11) is -0.932. The van der Waals surface area contributed by atoms with E-state index in [9.17, 15) is 14.4 Å². The lowest BCUT2D eigenvalue weighted by atomic mass is 9.77. The molecule has 2 N–H and O–H groups in total. The number of amides is 2. The molecule has 69 heavy (non-hydrogen) atoms. The zero-order valence-electron chi connectivity index (χ0n) is 38.7. The maximum Gasteiger partial charge on any atom is 0.356 e. The van der Waals surface area contributed by atoms with E-state index < -0.39 is 48.3 Å². The highest BCUT2D eigenvalue weighted by molar-refractivity contribution is 8.08. The maximum absolute atomic E-state index is 14.6. The SMILES string of the molecule is CO/N=C(/C(=O)N[C@@H]1C(=O)N2C(C(=O)OC(C)(C)C)=C(c3ccccc3[P+](C)(c3ccccc3)c3ccccc3)SC[C@H]12)c1csc(NC(c2ccccc2)(c2ccccc2)c2ccccc2)n1.[Cl-]. The molecule has 0 bridgehead atoms. The van der Waals surface area contributed by atoms with Crippen molar-refractivity contribution in [2.75, 3.05) is 24.8 Å². The summed E-state index contributed by atoms with van der Waals surface area (Å²) >= 11 is 2.81. The second-order valence-corrected chi connectivity index (χ2v) is 23.0. The number of hydrogen-bond acceptors (Lipinski definition) is 10. The number of aromatic nitrogens is 1. The number of esters is 1. The zero-order chi connectivity index (χ0) is 47.5. The number of ether oxygens (including phenoxy) is 1. The molecule has 6 aromatic carbocycles. The molecule has 14 heteroatoms. The molecule has 9 rings (SSSR count). The molecule has 7 aromatic rings. The first kappa shape index (κ1) is 48.9. The summed E-state index contributed by atoms with van der Waals surface area (Å²) < 4.78 is 6.06. The van der Waals surface area contributed by atoms with Crippen LogP contribution < -0.4 is 39.0 Å². The van der Waals surface area contributed by atoms with Gasteiger partial charge in [0.2, 0.25) is 0 Å². The Bertz CT molecular complexity index is 2870. The van der Waals surface area contributed by atoms with Crippen LogP contribution in [-0.2, 0) is 29.5 Å². The van der Waals surface area contributed by atoms with Crippen LogP contribution in [0.25, 0.3) is 4.91 Å². The monoisotopic (exact) mass is 991 g/mol. The topological polar surface area (TPSA) is 122 Å². The van der Waals surface area contributed by atoms with Crippen LogP contribution in [0.5, 0.6) is 0 Å². The van der Waals surface area contributed by atoms with Crippen molar-refractivity contribution >= 4 is 79.8 Å². The van der Waals surface area contributed by atoms with Crippen molar-refractivity contribution in [3.8, 4) is 0 Å². The van der Waals surface area contributed by atoms with Gasteiger partial charge in [0, 0.05) is 21.6 Å². The first-order valence-electron chi connectivity index (χ1n) is 22.3. The van der Waals surface area contributed by atoms with Gasteiger partial charge in [0.15, 0.2) is 10.8 Å². The van der Waals surface area contributed by atoms with Gasteiger partial charge in [0.1, 0.15) is 58.9 Å². The standard InChI is InChI=1S/C55H50N5O5PS2.ClH/c1-54(2,3)65-52(63)48-49(42-33-21-22-34-45(42)66(5,40-29-17-9-18-30-40)41-31-19-10-20-32-41)67-36-44-47(51(62)60(44)48)57-50(61)46(59-64-4)43-35-68-53(56-43)58-55(37-23-11-6-12-24-37,38-25-13-7-14-26-38)39-27-15-8-16-28-39;/h6-35,44,47H,36H2,1-5H3,(H-,56,57,58,61);1H/b59-46+;/t44-,47+;/m1./s1. The molecule has 0 aliphatic carbocycles. The van der Waals surface area contributed by atoms with Crippen LogP contribution in [-0.4, -0.2) is 70.6 Å². The van der Waals surface area contributed by atoms with Gasteiger partial charge in [-0.1, -0.05) is 145 Å². The van der Waals surface area contributed by atoms with E-state index in [1.807, 2.05) is 106 Å². The lowest BCUT2D eigenvalue weighted by Crippen LogP contribution is -3.00. The predicted molar refractivity (Wildman–Crippen MR) is 277 cm³/mol. The first-order valence-corrected chi connectivity index (χ1v) is 26.4. The smallest absolute Gasteiger partial charge is 0.356 e. The van der Waals surface area contributed by atoms with Crippen LogP contribution in [0.4, 0.5) is 5.13 Å². The third-order valence-electron chi connectivity index (χ3n) is 12.2. The number of benzene rings is 6. The van der Waals surface area contributed by atoms with Gasteiger partial charge >= 0.3 is 5.97 Å². The summed E-state index contributed by atoms with van der Waals surface area (Å²) in [5, 5.41) is 16.5. The molecule has 350 valence electrons. The molecule has 10 nitrogen and oxygen atoms in total. The summed E-state index contributed by atoms with van der Waals surface area (Å²) in [4.78, 5) is 55.8. The van der Waals surface area contributed by atoms with Gasteiger partial charge in [-0.3, -0.25) is 14.5 Å². The average Bonchev–Trinajstić information content (AvgIpc) is 3.84. The van der Waals surface area contributed by atoms with Gasteiger partial charge in [-0.05, 0) is 73.9 Å². The Morgan fingerprint density at radius 2 is 1.23 bits per heavy atom. The van der Waals surface area contributed by atoms with Gasteiger partial charge in [0.25, 0.3) is 11.8 Å².